The highest BCUT2D eigenvalue weighted by Gasteiger charge is 2.25. The van der Waals surface area contributed by atoms with Crippen LogP contribution in [0.4, 0.5) is 0 Å². The van der Waals surface area contributed by atoms with Crippen LogP contribution < -0.4 is 24.6 Å². The number of hydrogen-bond acceptors (Lipinski definition) is 3. The van der Waals surface area contributed by atoms with Gasteiger partial charge in [0.1, 0.15) is 32.7 Å². The standard InChI is InChI=1S/C22H31N3O3/c26-22(23-9-8-18-4-2-1-3-5-18)16-25-12-10-24(11-13-25)15-19-6-7-20-21(14-19)28-17-27-20/h4,6-7,14H,1-3,5,8-13,15-17H2,(H,23,26)/p+2. The second-order valence-electron chi connectivity index (χ2n) is 8.25. The van der Waals surface area contributed by atoms with Gasteiger partial charge in [-0.05, 0) is 50.3 Å². The molecule has 1 aliphatic carbocycles. The third-order valence-corrected chi connectivity index (χ3v) is 6.12. The van der Waals surface area contributed by atoms with Crippen molar-refractivity contribution in [3.05, 3.63) is 35.4 Å². The molecule has 28 heavy (non-hydrogen) atoms. The highest BCUT2D eigenvalue weighted by molar-refractivity contribution is 5.76. The molecular formula is C22H33N3O3+2. The number of quaternary nitrogens is 2. The predicted molar refractivity (Wildman–Crippen MR) is 107 cm³/mol. The van der Waals surface area contributed by atoms with Crippen molar-refractivity contribution in [2.24, 2.45) is 0 Å². The van der Waals surface area contributed by atoms with Crippen molar-refractivity contribution in [3.8, 4) is 11.5 Å². The average Bonchev–Trinajstić information content (AvgIpc) is 3.18. The Hall–Kier alpha value is -2.05. The molecule has 1 aromatic carbocycles. The van der Waals surface area contributed by atoms with E-state index < -0.39 is 0 Å². The quantitative estimate of drug-likeness (QED) is 0.564. The fourth-order valence-electron chi connectivity index (χ4n) is 4.43. The van der Waals surface area contributed by atoms with Crippen molar-refractivity contribution >= 4 is 5.91 Å². The minimum atomic E-state index is 0.200. The van der Waals surface area contributed by atoms with Gasteiger partial charge < -0.3 is 24.6 Å². The van der Waals surface area contributed by atoms with Gasteiger partial charge in [-0.25, -0.2) is 0 Å². The van der Waals surface area contributed by atoms with Crippen LogP contribution in [0.5, 0.6) is 11.5 Å². The SMILES string of the molecule is O=C(C[NH+]1CC[NH+](Cc2ccc3c(c2)OCO3)CC1)NCCC1=CCCCC1. The van der Waals surface area contributed by atoms with E-state index in [0.717, 1.165) is 57.2 Å². The van der Waals surface area contributed by atoms with Gasteiger partial charge in [0.2, 0.25) is 6.79 Å². The van der Waals surface area contributed by atoms with Gasteiger partial charge in [-0.3, -0.25) is 4.79 Å². The van der Waals surface area contributed by atoms with E-state index in [9.17, 15) is 4.79 Å². The van der Waals surface area contributed by atoms with Crippen LogP contribution in [0.15, 0.2) is 29.8 Å². The number of amides is 1. The number of piperazine rings is 1. The Balaban J connectivity index is 1.14. The monoisotopic (exact) mass is 387 g/mol. The first-order valence-electron chi connectivity index (χ1n) is 10.8. The molecule has 0 atom stereocenters. The van der Waals surface area contributed by atoms with Crippen molar-refractivity contribution < 1.29 is 24.1 Å². The third-order valence-electron chi connectivity index (χ3n) is 6.12. The normalized spacial score (nSPS) is 23.9. The maximum atomic E-state index is 12.2. The summed E-state index contributed by atoms with van der Waals surface area (Å²) >= 11 is 0. The lowest BCUT2D eigenvalue weighted by atomic mass is 9.97. The highest BCUT2D eigenvalue weighted by Crippen LogP contribution is 2.32. The topological polar surface area (TPSA) is 56.4 Å². The Labute approximate surface area is 167 Å². The van der Waals surface area contributed by atoms with E-state index in [-0.39, 0.29) is 5.91 Å². The van der Waals surface area contributed by atoms with Gasteiger partial charge in [0.25, 0.3) is 5.91 Å². The number of carbonyl (C=O) groups excluding carboxylic acids is 1. The Morgan fingerprint density at radius 3 is 2.68 bits per heavy atom. The van der Waals surface area contributed by atoms with Crippen molar-refractivity contribution in [1.82, 2.24) is 5.32 Å². The summed E-state index contributed by atoms with van der Waals surface area (Å²) in [6, 6.07) is 6.24. The van der Waals surface area contributed by atoms with E-state index in [2.05, 4.69) is 23.5 Å². The molecule has 0 unspecified atom stereocenters. The number of hydrogen-bond donors (Lipinski definition) is 3. The van der Waals surface area contributed by atoms with Crippen LogP contribution >= 0.6 is 0 Å². The van der Waals surface area contributed by atoms with E-state index in [4.69, 9.17) is 9.47 Å². The van der Waals surface area contributed by atoms with E-state index in [1.54, 1.807) is 4.90 Å². The summed E-state index contributed by atoms with van der Waals surface area (Å²) in [7, 11) is 0. The van der Waals surface area contributed by atoms with Gasteiger partial charge in [-0.15, -0.1) is 0 Å². The smallest absolute Gasteiger partial charge is 0.275 e. The zero-order valence-corrected chi connectivity index (χ0v) is 16.7. The highest BCUT2D eigenvalue weighted by atomic mass is 16.7. The lowest BCUT2D eigenvalue weighted by Crippen LogP contribution is -3.28. The molecule has 1 aromatic rings. The summed E-state index contributed by atoms with van der Waals surface area (Å²) in [4.78, 5) is 15.2. The molecule has 6 heteroatoms. The molecule has 0 bridgehead atoms. The molecule has 1 saturated heterocycles. The molecule has 0 saturated carbocycles. The molecule has 0 aromatic heterocycles. The molecule has 2 aliphatic heterocycles. The molecule has 0 spiro atoms. The Bertz CT molecular complexity index is 711. The summed E-state index contributed by atoms with van der Waals surface area (Å²) < 4.78 is 10.9. The molecule has 2 heterocycles. The Kier molecular flexibility index (Phi) is 6.49. The molecular weight excluding hydrogens is 354 g/mol. The molecule has 6 nitrogen and oxygen atoms in total. The minimum absolute atomic E-state index is 0.200. The Morgan fingerprint density at radius 1 is 1.04 bits per heavy atom. The van der Waals surface area contributed by atoms with Crippen LogP contribution in [0.3, 0.4) is 0 Å². The minimum Gasteiger partial charge on any atom is -0.454 e. The van der Waals surface area contributed by atoms with E-state index in [1.165, 1.54) is 41.7 Å². The van der Waals surface area contributed by atoms with Crippen LogP contribution in [0.25, 0.3) is 0 Å². The summed E-state index contributed by atoms with van der Waals surface area (Å²) in [6.07, 6.45) is 8.45. The summed E-state index contributed by atoms with van der Waals surface area (Å²) in [5.41, 5.74) is 2.82. The van der Waals surface area contributed by atoms with E-state index in [0.29, 0.717) is 13.3 Å². The number of allylic oxidation sites excluding steroid dienone is 1. The third kappa shape index (κ3) is 5.26. The summed E-state index contributed by atoms with van der Waals surface area (Å²) in [5.74, 6) is 1.91. The average molecular weight is 388 g/mol. The van der Waals surface area contributed by atoms with Gasteiger partial charge in [-0.2, -0.15) is 0 Å². The van der Waals surface area contributed by atoms with Gasteiger partial charge in [-0.1, -0.05) is 11.6 Å². The first kappa shape index (κ1) is 19.3. The molecule has 0 radical (unpaired) electrons. The molecule has 3 N–H and O–H groups in total. The molecule has 1 amide bonds. The summed E-state index contributed by atoms with van der Waals surface area (Å²) in [6.45, 7) is 7.04. The maximum Gasteiger partial charge on any atom is 0.275 e. The second-order valence-corrected chi connectivity index (χ2v) is 8.25. The zero-order valence-electron chi connectivity index (χ0n) is 16.7. The fourth-order valence-corrected chi connectivity index (χ4v) is 4.43. The van der Waals surface area contributed by atoms with E-state index >= 15 is 0 Å². The second kappa shape index (κ2) is 9.43. The van der Waals surface area contributed by atoms with Crippen molar-refractivity contribution in [3.63, 3.8) is 0 Å². The van der Waals surface area contributed by atoms with Crippen LogP contribution in [0.2, 0.25) is 0 Å². The number of ether oxygens (including phenoxy) is 2. The first-order chi connectivity index (χ1) is 13.8. The van der Waals surface area contributed by atoms with Crippen molar-refractivity contribution in [2.45, 2.75) is 38.6 Å². The van der Waals surface area contributed by atoms with Crippen molar-refractivity contribution in [1.29, 1.82) is 0 Å². The maximum absolute atomic E-state index is 12.2. The Morgan fingerprint density at radius 2 is 1.86 bits per heavy atom. The number of fused-ring (bicyclic) bond motifs is 1. The number of nitrogens with one attached hydrogen (secondary N) is 3. The summed E-state index contributed by atoms with van der Waals surface area (Å²) in [5, 5.41) is 3.12. The molecule has 3 aliphatic rings. The van der Waals surface area contributed by atoms with Gasteiger partial charge >= 0.3 is 0 Å². The van der Waals surface area contributed by atoms with Crippen LogP contribution in [-0.2, 0) is 11.3 Å². The van der Waals surface area contributed by atoms with Gasteiger partial charge in [0.15, 0.2) is 18.0 Å². The molecule has 4 rings (SSSR count). The largest absolute Gasteiger partial charge is 0.454 e. The predicted octanol–water partition coefficient (Wildman–Crippen LogP) is -0.295. The molecule has 1 fully saturated rings. The van der Waals surface area contributed by atoms with Crippen LogP contribution in [-0.4, -0.2) is 52.0 Å². The van der Waals surface area contributed by atoms with E-state index in [1.807, 2.05) is 6.07 Å². The van der Waals surface area contributed by atoms with Gasteiger partial charge in [0.05, 0.1) is 0 Å². The lowest BCUT2D eigenvalue weighted by Gasteiger charge is -2.29. The number of rotatable bonds is 7. The fraction of sp³-hybridized carbons (Fsp3) is 0.591. The number of benzene rings is 1. The van der Waals surface area contributed by atoms with Crippen LogP contribution in [0.1, 0.15) is 37.7 Å². The molecule has 152 valence electrons. The van der Waals surface area contributed by atoms with Crippen LogP contribution in [0, 0.1) is 0 Å². The lowest BCUT2D eigenvalue weighted by molar-refractivity contribution is -1.02. The first-order valence-corrected chi connectivity index (χ1v) is 10.8. The van der Waals surface area contributed by atoms with Crippen molar-refractivity contribution in [2.75, 3.05) is 46.1 Å². The zero-order chi connectivity index (χ0) is 19.2. The number of carbonyl (C=O) groups is 1. The van der Waals surface area contributed by atoms with Gasteiger partial charge in [0, 0.05) is 12.1 Å².